The molecule has 4 heteroatoms. The van der Waals surface area contributed by atoms with Gasteiger partial charge in [-0.3, -0.25) is 9.78 Å². The summed E-state index contributed by atoms with van der Waals surface area (Å²) in [5.41, 5.74) is 2.93. The van der Waals surface area contributed by atoms with Crippen molar-refractivity contribution in [3.8, 4) is 0 Å². The number of carbonyl (C=O) groups is 1. The number of ether oxygens (including phenoxy) is 1. The topological polar surface area (TPSA) is 42.4 Å². The van der Waals surface area contributed by atoms with Crippen molar-refractivity contribution in [1.29, 1.82) is 0 Å². The fraction of sp³-hybridized carbons (Fsp3) is 0.652. The zero-order chi connectivity index (χ0) is 19.0. The van der Waals surface area contributed by atoms with E-state index in [1.807, 2.05) is 18.3 Å². The lowest BCUT2D eigenvalue weighted by atomic mass is 9.59. The van der Waals surface area contributed by atoms with Gasteiger partial charge in [-0.05, 0) is 49.8 Å². The van der Waals surface area contributed by atoms with Crippen molar-refractivity contribution in [3.63, 3.8) is 0 Å². The second kappa shape index (κ2) is 7.38. The molecule has 0 bridgehead atoms. The van der Waals surface area contributed by atoms with E-state index in [-0.39, 0.29) is 29.3 Å². The van der Waals surface area contributed by atoms with Gasteiger partial charge in [-0.2, -0.15) is 0 Å². The van der Waals surface area contributed by atoms with E-state index in [2.05, 4.69) is 42.9 Å². The zero-order valence-corrected chi connectivity index (χ0v) is 16.9. The molecule has 0 aromatic carbocycles. The molecule has 0 amide bonds. The van der Waals surface area contributed by atoms with Gasteiger partial charge in [-0.15, -0.1) is 0 Å². The fourth-order valence-electron chi connectivity index (χ4n) is 5.54. The molecule has 0 unspecified atom stereocenters. The average Bonchev–Trinajstić information content (AvgIpc) is 2.93. The van der Waals surface area contributed by atoms with Gasteiger partial charge in [0.25, 0.3) is 0 Å². The smallest absolute Gasteiger partial charge is 0.311 e. The lowest BCUT2D eigenvalue weighted by Crippen LogP contribution is -2.40. The molecule has 2 aliphatic carbocycles. The Morgan fingerprint density at radius 3 is 3.00 bits per heavy atom. The van der Waals surface area contributed by atoms with Crippen LogP contribution in [-0.4, -0.2) is 42.1 Å². The van der Waals surface area contributed by atoms with E-state index in [0.717, 1.165) is 31.6 Å². The monoisotopic (exact) mass is 368 g/mol. The molecule has 1 saturated carbocycles. The Balaban J connectivity index is 1.44. The minimum atomic E-state index is -0.0325. The van der Waals surface area contributed by atoms with Crippen molar-refractivity contribution in [2.24, 2.45) is 23.2 Å². The Morgan fingerprint density at radius 1 is 1.37 bits per heavy atom. The number of allylic oxidation sites excluding steroid dienone is 1. The van der Waals surface area contributed by atoms with Crippen molar-refractivity contribution in [3.05, 3.63) is 41.7 Å². The Labute approximate surface area is 163 Å². The summed E-state index contributed by atoms with van der Waals surface area (Å²) in [5, 5.41) is 0. The van der Waals surface area contributed by atoms with Crippen LogP contribution in [0.1, 0.15) is 45.2 Å². The number of rotatable bonds is 5. The normalized spacial score (nSPS) is 35.4. The molecule has 4 rings (SSSR count). The van der Waals surface area contributed by atoms with Gasteiger partial charge in [-0.25, -0.2) is 0 Å². The SMILES string of the molecule is C[C@H]1CCC[C@]2(C)C[C@H]3OC(=O)[C@H](CN(C)CCc4ccccn4)[C@H]3C=C12. The Bertz CT molecular complexity index is 716. The third-order valence-electron chi connectivity index (χ3n) is 7.07. The summed E-state index contributed by atoms with van der Waals surface area (Å²) in [6.45, 7) is 6.41. The van der Waals surface area contributed by atoms with Crippen LogP contribution in [0.15, 0.2) is 36.0 Å². The van der Waals surface area contributed by atoms with Crippen molar-refractivity contribution in [2.75, 3.05) is 20.1 Å². The third kappa shape index (κ3) is 3.69. The molecule has 146 valence electrons. The molecule has 1 aromatic heterocycles. The number of hydrogen-bond donors (Lipinski definition) is 0. The van der Waals surface area contributed by atoms with Crippen LogP contribution in [0.25, 0.3) is 0 Å². The molecular weight excluding hydrogens is 336 g/mol. The molecule has 1 saturated heterocycles. The molecular formula is C23H32N2O2. The van der Waals surface area contributed by atoms with Gasteiger partial charge in [-0.1, -0.05) is 38.0 Å². The first-order chi connectivity index (χ1) is 13.0. The van der Waals surface area contributed by atoms with Crippen molar-refractivity contribution < 1.29 is 9.53 Å². The van der Waals surface area contributed by atoms with Gasteiger partial charge in [0.15, 0.2) is 0 Å². The number of fused-ring (bicyclic) bond motifs is 2. The summed E-state index contributed by atoms with van der Waals surface area (Å²) in [6.07, 6.45) is 10.1. The number of aromatic nitrogens is 1. The van der Waals surface area contributed by atoms with E-state index in [1.54, 1.807) is 5.57 Å². The highest BCUT2D eigenvalue weighted by molar-refractivity contribution is 5.76. The summed E-state index contributed by atoms with van der Waals surface area (Å²) in [6, 6.07) is 6.03. The minimum Gasteiger partial charge on any atom is -0.461 e. The molecule has 3 aliphatic rings. The highest BCUT2D eigenvalue weighted by atomic mass is 16.6. The van der Waals surface area contributed by atoms with Crippen LogP contribution in [0.3, 0.4) is 0 Å². The Morgan fingerprint density at radius 2 is 2.22 bits per heavy atom. The number of nitrogens with zero attached hydrogens (tertiary/aromatic N) is 2. The van der Waals surface area contributed by atoms with Gasteiger partial charge < -0.3 is 9.64 Å². The van der Waals surface area contributed by atoms with Crippen molar-refractivity contribution >= 4 is 5.97 Å². The van der Waals surface area contributed by atoms with Crippen LogP contribution in [0.5, 0.6) is 0 Å². The summed E-state index contributed by atoms with van der Waals surface area (Å²) >= 11 is 0. The standard InChI is InChI=1S/C23H32N2O2/c1-16-7-6-10-23(2)14-21-18(13-20(16)23)19(22(26)27-21)15-25(3)12-9-17-8-4-5-11-24-17/h4-5,8,11,13,16,18-19,21H,6-7,9-10,12,14-15H2,1-3H3/t16-,18+,19+,21+,23+/m0/s1. The lowest BCUT2D eigenvalue weighted by molar-refractivity contribution is -0.145. The molecule has 1 aromatic rings. The summed E-state index contributed by atoms with van der Waals surface area (Å²) < 4.78 is 5.87. The highest BCUT2D eigenvalue weighted by Gasteiger charge is 2.51. The van der Waals surface area contributed by atoms with Crippen LogP contribution in [0, 0.1) is 23.2 Å². The van der Waals surface area contributed by atoms with E-state index in [9.17, 15) is 4.79 Å². The lowest BCUT2D eigenvalue weighted by Gasteiger charge is -2.46. The second-order valence-corrected chi connectivity index (χ2v) is 9.17. The maximum Gasteiger partial charge on any atom is 0.311 e. The number of carbonyl (C=O) groups excluding carboxylic acids is 1. The van der Waals surface area contributed by atoms with E-state index in [4.69, 9.17) is 4.74 Å². The number of likely N-dealkylation sites (N-methyl/N-ethyl adjacent to an activating group) is 1. The number of hydrogen-bond acceptors (Lipinski definition) is 4. The molecule has 1 aliphatic heterocycles. The van der Waals surface area contributed by atoms with Crippen molar-refractivity contribution in [1.82, 2.24) is 9.88 Å². The van der Waals surface area contributed by atoms with Crippen LogP contribution in [0.4, 0.5) is 0 Å². The second-order valence-electron chi connectivity index (χ2n) is 9.17. The van der Waals surface area contributed by atoms with Gasteiger partial charge >= 0.3 is 5.97 Å². The van der Waals surface area contributed by atoms with Gasteiger partial charge in [0.1, 0.15) is 6.10 Å². The van der Waals surface area contributed by atoms with Crippen LogP contribution < -0.4 is 0 Å². The average molecular weight is 369 g/mol. The molecule has 4 nitrogen and oxygen atoms in total. The number of esters is 1. The largest absolute Gasteiger partial charge is 0.461 e. The third-order valence-corrected chi connectivity index (χ3v) is 7.07. The first-order valence-corrected chi connectivity index (χ1v) is 10.5. The molecule has 27 heavy (non-hydrogen) atoms. The molecule has 2 heterocycles. The van der Waals surface area contributed by atoms with Gasteiger partial charge in [0, 0.05) is 37.3 Å². The summed E-state index contributed by atoms with van der Waals surface area (Å²) in [7, 11) is 2.10. The van der Waals surface area contributed by atoms with Crippen LogP contribution in [0.2, 0.25) is 0 Å². The molecule has 0 spiro atoms. The van der Waals surface area contributed by atoms with Crippen LogP contribution in [-0.2, 0) is 16.0 Å². The van der Waals surface area contributed by atoms with Crippen LogP contribution >= 0.6 is 0 Å². The highest BCUT2D eigenvalue weighted by Crippen LogP contribution is 2.53. The first-order valence-electron chi connectivity index (χ1n) is 10.5. The van der Waals surface area contributed by atoms with E-state index in [1.165, 1.54) is 19.3 Å². The molecule has 0 radical (unpaired) electrons. The van der Waals surface area contributed by atoms with Gasteiger partial charge in [0.05, 0.1) is 5.92 Å². The van der Waals surface area contributed by atoms with E-state index < -0.39 is 0 Å². The number of pyridine rings is 1. The van der Waals surface area contributed by atoms with E-state index >= 15 is 0 Å². The maximum absolute atomic E-state index is 12.7. The fourth-order valence-corrected chi connectivity index (χ4v) is 5.54. The summed E-state index contributed by atoms with van der Waals surface area (Å²) in [4.78, 5) is 19.3. The quantitative estimate of drug-likeness (QED) is 0.584. The molecule has 5 atom stereocenters. The predicted octanol–water partition coefficient (Wildman–Crippen LogP) is 3.87. The minimum absolute atomic E-state index is 0.00133. The molecule has 2 fully saturated rings. The van der Waals surface area contributed by atoms with Gasteiger partial charge in [0.2, 0.25) is 0 Å². The Hall–Kier alpha value is -1.68. The predicted molar refractivity (Wildman–Crippen MR) is 106 cm³/mol. The van der Waals surface area contributed by atoms with E-state index in [0.29, 0.717) is 5.92 Å². The van der Waals surface area contributed by atoms with Crippen molar-refractivity contribution in [2.45, 2.75) is 52.1 Å². The maximum atomic E-state index is 12.7. The Kier molecular flexibility index (Phi) is 5.11. The first kappa shape index (κ1) is 18.7. The zero-order valence-electron chi connectivity index (χ0n) is 16.9. The summed E-state index contributed by atoms with van der Waals surface area (Å²) in [5.74, 6) is 0.859. The molecule has 0 N–H and O–H groups in total.